The number of carbonyl (C=O) groups is 3. The highest BCUT2D eigenvalue weighted by atomic mass is 79.9. The lowest BCUT2D eigenvalue weighted by atomic mass is 10.1. The SMILES string of the molecule is CCOc1cc(/C=C2\SC(=O)N(CC(=O)Nc3cc(C(F)(F)F)ccc3OC)C2=O)c(Br)cc1OCc1ccc(C)cc1. The lowest BCUT2D eigenvalue weighted by Crippen LogP contribution is -2.36. The van der Waals surface area contributed by atoms with Crippen LogP contribution in [0.3, 0.4) is 0 Å². The van der Waals surface area contributed by atoms with Crippen molar-refractivity contribution in [3.05, 3.63) is 86.2 Å². The number of benzene rings is 3. The maximum atomic E-state index is 13.2. The summed E-state index contributed by atoms with van der Waals surface area (Å²) in [5.74, 6) is -0.725. The van der Waals surface area contributed by atoms with Gasteiger partial charge in [-0.25, -0.2) is 0 Å². The molecule has 0 aliphatic carbocycles. The number of aryl methyl sites for hydroxylation is 1. The molecule has 0 saturated carbocycles. The van der Waals surface area contributed by atoms with Crippen LogP contribution in [-0.4, -0.2) is 42.2 Å². The first-order valence-electron chi connectivity index (χ1n) is 12.8. The molecule has 0 bridgehead atoms. The lowest BCUT2D eigenvalue weighted by Gasteiger charge is -2.16. The Labute approximate surface area is 258 Å². The van der Waals surface area contributed by atoms with Crippen LogP contribution < -0.4 is 19.5 Å². The number of rotatable bonds is 10. The molecule has 0 unspecified atom stereocenters. The summed E-state index contributed by atoms with van der Waals surface area (Å²) in [4.78, 5) is 39.2. The molecule has 1 heterocycles. The molecule has 1 aliphatic rings. The number of carbonyl (C=O) groups excluding carboxylic acids is 3. The topological polar surface area (TPSA) is 94.2 Å². The van der Waals surface area contributed by atoms with E-state index in [1.807, 2.05) is 38.1 Å². The summed E-state index contributed by atoms with van der Waals surface area (Å²) >= 11 is 4.11. The van der Waals surface area contributed by atoms with Gasteiger partial charge in [0, 0.05) is 4.47 Å². The Kier molecular flexibility index (Phi) is 10.1. The van der Waals surface area contributed by atoms with Gasteiger partial charge in [0.1, 0.15) is 18.9 Å². The highest BCUT2D eigenvalue weighted by Crippen LogP contribution is 2.39. The van der Waals surface area contributed by atoms with E-state index in [1.165, 1.54) is 13.2 Å². The van der Waals surface area contributed by atoms with Gasteiger partial charge < -0.3 is 19.5 Å². The first-order chi connectivity index (χ1) is 20.4. The van der Waals surface area contributed by atoms with E-state index < -0.39 is 35.3 Å². The van der Waals surface area contributed by atoms with E-state index in [0.717, 1.165) is 23.3 Å². The lowest BCUT2D eigenvalue weighted by molar-refractivity contribution is -0.137. The van der Waals surface area contributed by atoms with Gasteiger partial charge in [0.05, 0.1) is 29.9 Å². The molecule has 1 aliphatic heterocycles. The average Bonchev–Trinajstić information content (AvgIpc) is 3.21. The van der Waals surface area contributed by atoms with Gasteiger partial charge in [-0.1, -0.05) is 45.8 Å². The number of hydrogen-bond acceptors (Lipinski definition) is 7. The van der Waals surface area contributed by atoms with Crippen LogP contribution in [0.5, 0.6) is 17.2 Å². The maximum absolute atomic E-state index is 13.2. The first kappa shape index (κ1) is 32.0. The third-order valence-corrected chi connectivity index (χ3v) is 7.73. The van der Waals surface area contributed by atoms with E-state index in [9.17, 15) is 27.6 Å². The molecule has 0 aromatic heterocycles. The van der Waals surface area contributed by atoms with Crippen LogP contribution in [0.25, 0.3) is 6.08 Å². The van der Waals surface area contributed by atoms with Crippen LogP contribution in [0.4, 0.5) is 23.7 Å². The Morgan fingerprint density at radius 3 is 2.37 bits per heavy atom. The number of alkyl halides is 3. The summed E-state index contributed by atoms with van der Waals surface area (Å²) in [6.45, 7) is 3.76. The zero-order valence-electron chi connectivity index (χ0n) is 23.2. The highest BCUT2D eigenvalue weighted by Gasteiger charge is 2.37. The Balaban J connectivity index is 1.50. The molecular formula is C30H26BrF3N2O6S. The van der Waals surface area contributed by atoms with Crippen molar-refractivity contribution in [1.82, 2.24) is 4.90 Å². The zero-order chi connectivity index (χ0) is 31.3. The molecule has 1 saturated heterocycles. The number of halogens is 4. The van der Waals surface area contributed by atoms with Crippen molar-refractivity contribution in [2.45, 2.75) is 26.6 Å². The predicted octanol–water partition coefficient (Wildman–Crippen LogP) is 7.44. The van der Waals surface area contributed by atoms with Crippen LogP contribution in [-0.2, 0) is 22.4 Å². The summed E-state index contributed by atoms with van der Waals surface area (Å²) in [7, 11) is 1.23. The summed E-state index contributed by atoms with van der Waals surface area (Å²) in [5, 5.41) is 1.59. The van der Waals surface area contributed by atoms with Gasteiger partial charge in [-0.15, -0.1) is 0 Å². The third kappa shape index (κ3) is 7.90. The van der Waals surface area contributed by atoms with Gasteiger partial charge in [-0.2, -0.15) is 13.2 Å². The van der Waals surface area contributed by atoms with Gasteiger partial charge in [0.2, 0.25) is 5.91 Å². The van der Waals surface area contributed by atoms with Crippen LogP contribution in [0, 0.1) is 6.92 Å². The van der Waals surface area contributed by atoms with E-state index in [-0.39, 0.29) is 16.3 Å². The normalized spacial score (nSPS) is 14.3. The minimum absolute atomic E-state index is 0.0170. The highest BCUT2D eigenvalue weighted by molar-refractivity contribution is 9.10. The van der Waals surface area contributed by atoms with Crippen LogP contribution in [0.2, 0.25) is 0 Å². The van der Waals surface area contributed by atoms with Gasteiger partial charge >= 0.3 is 6.18 Å². The molecular weight excluding hydrogens is 653 g/mol. The molecule has 13 heteroatoms. The van der Waals surface area contributed by atoms with E-state index >= 15 is 0 Å². The summed E-state index contributed by atoms with van der Waals surface area (Å²) in [6, 6.07) is 13.9. The van der Waals surface area contributed by atoms with Gasteiger partial charge in [0.25, 0.3) is 11.1 Å². The van der Waals surface area contributed by atoms with Crippen molar-refractivity contribution >= 4 is 56.5 Å². The number of nitrogens with zero attached hydrogens (tertiary/aromatic N) is 1. The molecule has 3 aromatic rings. The predicted molar refractivity (Wildman–Crippen MR) is 160 cm³/mol. The molecule has 1 N–H and O–H groups in total. The Hall–Kier alpha value is -3.97. The zero-order valence-corrected chi connectivity index (χ0v) is 25.6. The van der Waals surface area contributed by atoms with Crippen LogP contribution in [0.15, 0.2) is 64.0 Å². The number of hydrogen-bond donors (Lipinski definition) is 1. The molecule has 0 atom stereocenters. The Morgan fingerprint density at radius 2 is 1.72 bits per heavy atom. The van der Waals surface area contributed by atoms with Crippen LogP contribution >= 0.6 is 27.7 Å². The van der Waals surface area contributed by atoms with E-state index in [4.69, 9.17) is 14.2 Å². The minimum atomic E-state index is -4.65. The maximum Gasteiger partial charge on any atom is 0.416 e. The van der Waals surface area contributed by atoms with E-state index in [0.29, 0.717) is 57.5 Å². The van der Waals surface area contributed by atoms with Crippen molar-refractivity contribution in [3.63, 3.8) is 0 Å². The third-order valence-electron chi connectivity index (χ3n) is 6.14. The second-order valence-electron chi connectivity index (χ2n) is 9.26. The first-order valence-corrected chi connectivity index (χ1v) is 14.5. The van der Waals surface area contributed by atoms with Gasteiger partial charge in [-0.05, 0) is 73.1 Å². The molecule has 4 rings (SSSR count). The average molecular weight is 680 g/mol. The molecule has 3 aromatic carbocycles. The molecule has 0 radical (unpaired) electrons. The smallest absolute Gasteiger partial charge is 0.416 e. The summed E-state index contributed by atoms with van der Waals surface area (Å²) in [5.41, 5.74) is 1.38. The van der Waals surface area contributed by atoms with Crippen molar-refractivity contribution in [2.75, 3.05) is 25.6 Å². The fourth-order valence-electron chi connectivity index (χ4n) is 3.98. The number of ether oxygens (including phenoxy) is 3. The fraction of sp³-hybridized carbons (Fsp3) is 0.233. The van der Waals surface area contributed by atoms with E-state index in [2.05, 4.69) is 21.2 Å². The fourth-order valence-corrected chi connectivity index (χ4v) is 5.25. The summed E-state index contributed by atoms with van der Waals surface area (Å²) in [6.07, 6.45) is -3.17. The van der Waals surface area contributed by atoms with Gasteiger partial charge in [-0.3, -0.25) is 19.3 Å². The van der Waals surface area contributed by atoms with Crippen molar-refractivity contribution < 1.29 is 41.8 Å². The van der Waals surface area contributed by atoms with Crippen molar-refractivity contribution in [2.24, 2.45) is 0 Å². The molecule has 226 valence electrons. The largest absolute Gasteiger partial charge is 0.495 e. The molecule has 0 spiro atoms. The second kappa shape index (κ2) is 13.6. The van der Waals surface area contributed by atoms with Crippen LogP contribution in [0.1, 0.15) is 29.2 Å². The number of thioether (sulfide) groups is 1. The van der Waals surface area contributed by atoms with E-state index in [1.54, 1.807) is 12.1 Å². The van der Waals surface area contributed by atoms with Crippen molar-refractivity contribution in [3.8, 4) is 17.2 Å². The van der Waals surface area contributed by atoms with Gasteiger partial charge in [0.15, 0.2) is 11.5 Å². The number of anilines is 1. The number of nitrogens with one attached hydrogen (secondary N) is 1. The Bertz CT molecular complexity index is 1580. The number of amides is 3. The van der Waals surface area contributed by atoms with Crippen molar-refractivity contribution in [1.29, 1.82) is 0 Å². The number of imide groups is 1. The molecule has 8 nitrogen and oxygen atoms in total. The molecule has 1 fully saturated rings. The minimum Gasteiger partial charge on any atom is -0.495 e. The molecule has 43 heavy (non-hydrogen) atoms. The number of methoxy groups -OCH3 is 1. The standard InChI is InChI=1S/C30H26BrF3N2O6S/c1-4-41-24-11-19(21(31)14-25(24)42-16-18-7-5-17(2)6-8-18)12-26-28(38)36(29(39)43-26)15-27(37)35-22-13-20(30(32,33)34)9-10-23(22)40-3/h5-14H,4,15-16H2,1-3H3,(H,35,37)/b26-12-. The Morgan fingerprint density at radius 1 is 1.02 bits per heavy atom. The second-order valence-corrected chi connectivity index (χ2v) is 11.1. The summed E-state index contributed by atoms with van der Waals surface area (Å²) < 4.78 is 56.8. The monoisotopic (exact) mass is 678 g/mol. The molecule has 3 amide bonds. The quantitative estimate of drug-likeness (QED) is 0.223.